The number of nitrogens with zero attached hydrogens (tertiary/aromatic N) is 2. The third-order valence-electron chi connectivity index (χ3n) is 3.38. The molecule has 0 aliphatic carbocycles. The molecule has 2 atom stereocenters. The molecule has 1 aromatic rings. The Hall–Kier alpha value is -1.62. The van der Waals surface area contributed by atoms with Crippen LogP contribution >= 0.6 is 0 Å². The predicted molar refractivity (Wildman–Crippen MR) is 69.6 cm³/mol. The quantitative estimate of drug-likeness (QED) is 0.797. The standard InChI is InChI=1S/C13H19N3O2/c1-9-7-11(14)4-6-16(9)12-8-10(3-5-15-12)13(17)18-2/h3,5,8-9,11H,4,6-7,14H2,1-2H3. The Morgan fingerprint density at radius 2 is 2.39 bits per heavy atom. The second kappa shape index (κ2) is 5.35. The van der Waals surface area contributed by atoms with Crippen LogP contribution in [-0.2, 0) is 4.74 Å². The first-order valence-electron chi connectivity index (χ1n) is 6.18. The fourth-order valence-corrected chi connectivity index (χ4v) is 2.37. The van der Waals surface area contributed by atoms with E-state index in [-0.39, 0.29) is 12.0 Å². The first-order chi connectivity index (χ1) is 8.61. The fraction of sp³-hybridized carbons (Fsp3) is 0.538. The summed E-state index contributed by atoms with van der Waals surface area (Å²) in [4.78, 5) is 18.0. The third-order valence-corrected chi connectivity index (χ3v) is 3.38. The average molecular weight is 249 g/mol. The summed E-state index contributed by atoms with van der Waals surface area (Å²) in [5.41, 5.74) is 6.48. The maximum Gasteiger partial charge on any atom is 0.338 e. The van der Waals surface area contributed by atoms with Crippen molar-refractivity contribution in [2.75, 3.05) is 18.6 Å². The first-order valence-corrected chi connectivity index (χ1v) is 6.18. The molecule has 0 saturated carbocycles. The zero-order valence-corrected chi connectivity index (χ0v) is 10.8. The molecule has 2 heterocycles. The van der Waals surface area contributed by atoms with Crippen molar-refractivity contribution in [3.63, 3.8) is 0 Å². The van der Waals surface area contributed by atoms with E-state index in [1.807, 2.05) is 0 Å². The smallest absolute Gasteiger partial charge is 0.338 e. The number of hydrogen-bond acceptors (Lipinski definition) is 5. The number of pyridine rings is 1. The number of carbonyl (C=O) groups excluding carboxylic acids is 1. The highest BCUT2D eigenvalue weighted by Gasteiger charge is 2.24. The molecule has 1 aliphatic heterocycles. The second-order valence-corrected chi connectivity index (χ2v) is 4.72. The Labute approximate surface area is 107 Å². The van der Waals surface area contributed by atoms with Gasteiger partial charge in [0.1, 0.15) is 5.82 Å². The van der Waals surface area contributed by atoms with Gasteiger partial charge >= 0.3 is 5.97 Å². The molecule has 0 radical (unpaired) electrons. The number of ether oxygens (including phenoxy) is 1. The van der Waals surface area contributed by atoms with Crippen molar-refractivity contribution >= 4 is 11.8 Å². The van der Waals surface area contributed by atoms with Gasteiger partial charge in [0, 0.05) is 24.8 Å². The average Bonchev–Trinajstić information content (AvgIpc) is 2.38. The molecule has 1 saturated heterocycles. The van der Waals surface area contributed by atoms with Gasteiger partial charge in [-0.15, -0.1) is 0 Å². The Morgan fingerprint density at radius 3 is 3.06 bits per heavy atom. The minimum atomic E-state index is -0.333. The summed E-state index contributed by atoms with van der Waals surface area (Å²) < 4.78 is 4.72. The van der Waals surface area contributed by atoms with E-state index < -0.39 is 0 Å². The summed E-state index contributed by atoms with van der Waals surface area (Å²) in [5.74, 6) is 0.484. The highest BCUT2D eigenvalue weighted by Crippen LogP contribution is 2.23. The lowest BCUT2D eigenvalue weighted by molar-refractivity contribution is 0.0600. The molecular weight excluding hydrogens is 230 g/mol. The highest BCUT2D eigenvalue weighted by molar-refractivity contribution is 5.90. The van der Waals surface area contributed by atoms with E-state index in [0.717, 1.165) is 25.2 Å². The number of piperidine rings is 1. The predicted octanol–water partition coefficient (Wildman–Crippen LogP) is 1.18. The lowest BCUT2D eigenvalue weighted by atomic mass is 9.99. The molecule has 18 heavy (non-hydrogen) atoms. The molecule has 5 heteroatoms. The van der Waals surface area contributed by atoms with E-state index in [1.165, 1.54) is 7.11 Å². The fourth-order valence-electron chi connectivity index (χ4n) is 2.37. The summed E-state index contributed by atoms with van der Waals surface area (Å²) in [6, 6.07) is 4.05. The van der Waals surface area contributed by atoms with Gasteiger partial charge in [-0.1, -0.05) is 0 Å². The molecule has 1 aromatic heterocycles. The lowest BCUT2D eigenvalue weighted by Gasteiger charge is -2.37. The lowest BCUT2D eigenvalue weighted by Crippen LogP contribution is -2.46. The van der Waals surface area contributed by atoms with E-state index >= 15 is 0 Å². The topological polar surface area (TPSA) is 68.5 Å². The zero-order valence-electron chi connectivity index (χ0n) is 10.8. The van der Waals surface area contributed by atoms with Gasteiger partial charge < -0.3 is 15.4 Å². The van der Waals surface area contributed by atoms with E-state index in [1.54, 1.807) is 18.3 Å². The summed E-state index contributed by atoms with van der Waals surface area (Å²) in [5, 5.41) is 0. The summed E-state index contributed by atoms with van der Waals surface area (Å²) in [6.07, 6.45) is 3.54. The van der Waals surface area contributed by atoms with Gasteiger partial charge in [-0.2, -0.15) is 0 Å². The van der Waals surface area contributed by atoms with Crippen LogP contribution in [0.15, 0.2) is 18.3 Å². The van der Waals surface area contributed by atoms with Crippen LogP contribution in [0.25, 0.3) is 0 Å². The van der Waals surface area contributed by atoms with Crippen molar-refractivity contribution < 1.29 is 9.53 Å². The largest absolute Gasteiger partial charge is 0.465 e. The number of aromatic nitrogens is 1. The van der Waals surface area contributed by atoms with Gasteiger partial charge in [0.25, 0.3) is 0 Å². The number of nitrogens with two attached hydrogens (primary N) is 1. The van der Waals surface area contributed by atoms with Gasteiger partial charge in [0.05, 0.1) is 12.7 Å². The number of hydrogen-bond donors (Lipinski definition) is 1. The molecule has 1 aliphatic rings. The molecule has 5 nitrogen and oxygen atoms in total. The van der Waals surface area contributed by atoms with Gasteiger partial charge in [0.2, 0.25) is 0 Å². The SMILES string of the molecule is COC(=O)c1ccnc(N2CCC(N)CC2C)c1. The van der Waals surface area contributed by atoms with Crippen LogP contribution in [0, 0.1) is 0 Å². The van der Waals surface area contributed by atoms with Gasteiger partial charge in [-0.05, 0) is 31.9 Å². The summed E-state index contributed by atoms with van der Waals surface area (Å²) >= 11 is 0. The maximum atomic E-state index is 11.5. The van der Waals surface area contributed by atoms with Crippen LogP contribution in [0.5, 0.6) is 0 Å². The summed E-state index contributed by atoms with van der Waals surface area (Å²) in [7, 11) is 1.38. The van der Waals surface area contributed by atoms with Crippen molar-refractivity contribution in [2.45, 2.75) is 31.8 Å². The normalized spacial score (nSPS) is 23.8. The van der Waals surface area contributed by atoms with E-state index in [0.29, 0.717) is 11.6 Å². The van der Waals surface area contributed by atoms with Gasteiger partial charge in [-0.3, -0.25) is 0 Å². The minimum absolute atomic E-state index is 0.264. The van der Waals surface area contributed by atoms with E-state index in [2.05, 4.69) is 16.8 Å². The monoisotopic (exact) mass is 249 g/mol. The zero-order chi connectivity index (χ0) is 13.1. The molecule has 1 fully saturated rings. The van der Waals surface area contributed by atoms with E-state index in [4.69, 9.17) is 10.5 Å². The maximum absolute atomic E-state index is 11.5. The third kappa shape index (κ3) is 2.61. The first kappa shape index (κ1) is 12.8. The van der Waals surface area contributed by atoms with Crippen LogP contribution in [0.1, 0.15) is 30.1 Å². The Kier molecular flexibility index (Phi) is 3.81. The molecule has 0 bridgehead atoms. The van der Waals surface area contributed by atoms with Crippen LogP contribution in [-0.4, -0.2) is 36.7 Å². The molecule has 2 N–H and O–H groups in total. The molecule has 0 aromatic carbocycles. The van der Waals surface area contributed by atoms with Crippen molar-refractivity contribution in [3.8, 4) is 0 Å². The highest BCUT2D eigenvalue weighted by atomic mass is 16.5. The second-order valence-electron chi connectivity index (χ2n) is 4.72. The van der Waals surface area contributed by atoms with Crippen LogP contribution in [0.2, 0.25) is 0 Å². The molecule has 2 rings (SSSR count). The number of rotatable bonds is 2. The minimum Gasteiger partial charge on any atom is -0.465 e. The van der Waals surface area contributed by atoms with Crippen LogP contribution in [0.4, 0.5) is 5.82 Å². The van der Waals surface area contributed by atoms with Crippen molar-refractivity contribution in [2.24, 2.45) is 5.73 Å². The van der Waals surface area contributed by atoms with E-state index in [9.17, 15) is 4.79 Å². The van der Waals surface area contributed by atoms with Gasteiger partial charge in [-0.25, -0.2) is 9.78 Å². The molecular formula is C13H19N3O2. The molecule has 0 spiro atoms. The van der Waals surface area contributed by atoms with Crippen LogP contribution in [0.3, 0.4) is 0 Å². The number of carbonyl (C=O) groups is 1. The Bertz CT molecular complexity index is 436. The molecule has 98 valence electrons. The number of esters is 1. The van der Waals surface area contributed by atoms with Gasteiger partial charge in [0.15, 0.2) is 0 Å². The number of anilines is 1. The van der Waals surface area contributed by atoms with Crippen LogP contribution < -0.4 is 10.6 Å². The van der Waals surface area contributed by atoms with Crippen molar-refractivity contribution in [1.82, 2.24) is 4.98 Å². The summed E-state index contributed by atoms with van der Waals surface area (Å²) in [6.45, 7) is 3.01. The van der Waals surface area contributed by atoms with Crippen molar-refractivity contribution in [1.29, 1.82) is 0 Å². The molecule has 0 amide bonds. The Morgan fingerprint density at radius 1 is 1.61 bits per heavy atom. The number of methoxy groups -OCH3 is 1. The Balaban J connectivity index is 2.20. The molecule has 2 unspecified atom stereocenters. The van der Waals surface area contributed by atoms with Crippen molar-refractivity contribution in [3.05, 3.63) is 23.9 Å².